The second kappa shape index (κ2) is 5.97. The van der Waals surface area contributed by atoms with Gasteiger partial charge >= 0.3 is 5.97 Å². The van der Waals surface area contributed by atoms with Gasteiger partial charge in [0.25, 0.3) is 10.0 Å². The number of carboxylic acid groups (broad SMARTS) is 1. The summed E-state index contributed by atoms with van der Waals surface area (Å²) in [4.78, 5) is 18.0. The van der Waals surface area contributed by atoms with Crippen molar-refractivity contribution in [2.45, 2.75) is 5.03 Å². The van der Waals surface area contributed by atoms with Crippen LogP contribution in [0.1, 0.15) is 4.88 Å². The second-order valence-electron chi connectivity index (χ2n) is 3.64. The highest BCUT2D eigenvalue weighted by Gasteiger charge is 2.21. The van der Waals surface area contributed by atoms with Gasteiger partial charge in [-0.25, -0.2) is 19.2 Å². The zero-order valence-corrected chi connectivity index (χ0v) is 11.9. The normalized spacial score (nSPS) is 11.7. The van der Waals surface area contributed by atoms with E-state index in [1.165, 1.54) is 18.3 Å². The third-order valence-electron chi connectivity index (χ3n) is 2.11. The Kier molecular flexibility index (Phi) is 4.29. The van der Waals surface area contributed by atoms with Gasteiger partial charge in [0, 0.05) is 23.3 Å². The SMILES string of the molecule is O=C(O)/C=C/c1cnc(NS(=O)(=O)c2ncccc2F)s1. The van der Waals surface area contributed by atoms with E-state index in [1.54, 1.807) is 0 Å². The number of aromatic nitrogens is 2. The van der Waals surface area contributed by atoms with E-state index in [1.807, 2.05) is 0 Å². The van der Waals surface area contributed by atoms with Crippen molar-refractivity contribution in [2.24, 2.45) is 0 Å². The maximum atomic E-state index is 13.4. The third-order valence-corrected chi connectivity index (χ3v) is 4.39. The van der Waals surface area contributed by atoms with Crippen LogP contribution in [0.4, 0.5) is 9.52 Å². The molecule has 0 atom stereocenters. The molecule has 0 aliphatic rings. The number of hydrogen-bond acceptors (Lipinski definition) is 6. The number of rotatable bonds is 5. The summed E-state index contributed by atoms with van der Waals surface area (Å²) >= 11 is 0.901. The van der Waals surface area contributed by atoms with Crippen LogP contribution in [0.5, 0.6) is 0 Å². The Bertz CT molecular complexity index is 801. The van der Waals surface area contributed by atoms with E-state index in [0.717, 1.165) is 29.7 Å². The highest BCUT2D eigenvalue weighted by Crippen LogP contribution is 2.22. The Labute approximate surface area is 122 Å². The summed E-state index contributed by atoms with van der Waals surface area (Å²) in [5.41, 5.74) is 0. The van der Waals surface area contributed by atoms with Gasteiger partial charge in [0.05, 0.1) is 0 Å². The standard InChI is InChI=1S/C11H8FN3O4S2/c12-8-2-1-5-13-10(8)21(18,19)15-11-14-6-7(20-11)3-4-9(16)17/h1-6H,(H,14,15)(H,16,17)/b4-3+. The molecule has 0 amide bonds. The molecule has 0 saturated heterocycles. The summed E-state index contributed by atoms with van der Waals surface area (Å²) in [5.74, 6) is -2.12. The Morgan fingerprint density at radius 2 is 2.19 bits per heavy atom. The number of anilines is 1. The Balaban J connectivity index is 2.22. The van der Waals surface area contributed by atoms with E-state index in [2.05, 4.69) is 14.7 Å². The Morgan fingerprint density at radius 1 is 1.43 bits per heavy atom. The van der Waals surface area contributed by atoms with E-state index in [9.17, 15) is 17.6 Å². The number of nitrogens with one attached hydrogen (secondary N) is 1. The van der Waals surface area contributed by atoms with Crippen molar-refractivity contribution in [3.63, 3.8) is 0 Å². The predicted octanol–water partition coefficient (Wildman–Crippen LogP) is 1.58. The first kappa shape index (κ1) is 15.1. The molecule has 2 aromatic heterocycles. The molecular weight excluding hydrogens is 321 g/mol. The minimum absolute atomic E-state index is 0.0231. The van der Waals surface area contributed by atoms with Crippen molar-refractivity contribution >= 4 is 38.5 Å². The molecule has 21 heavy (non-hydrogen) atoms. The fourth-order valence-corrected chi connectivity index (χ4v) is 3.27. The predicted molar refractivity (Wildman–Crippen MR) is 73.8 cm³/mol. The van der Waals surface area contributed by atoms with Gasteiger partial charge in [-0.2, -0.15) is 8.42 Å². The van der Waals surface area contributed by atoms with E-state index in [4.69, 9.17) is 5.11 Å². The number of aliphatic carboxylic acids is 1. The lowest BCUT2D eigenvalue weighted by atomic mass is 10.4. The van der Waals surface area contributed by atoms with Crippen LogP contribution in [-0.2, 0) is 14.8 Å². The minimum atomic E-state index is -4.19. The van der Waals surface area contributed by atoms with Crippen LogP contribution in [0.15, 0.2) is 35.6 Å². The number of sulfonamides is 1. The average molecular weight is 329 g/mol. The number of pyridine rings is 1. The van der Waals surface area contributed by atoms with E-state index >= 15 is 0 Å². The van der Waals surface area contributed by atoms with E-state index in [-0.39, 0.29) is 5.13 Å². The van der Waals surface area contributed by atoms with Gasteiger partial charge in [-0.15, -0.1) is 0 Å². The number of halogens is 1. The van der Waals surface area contributed by atoms with Gasteiger partial charge in [-0.3, -0.25) is 4.72 Å². The minimum Gasteiger partial charge on any atom is -0.478 e. The zero-order valence-electron chi connectivity index (χ0n) is 10.2. The number of thiazole rings is 1. The Hall–Kier alpha value is -2.33. The van der Waals surface area contributed by atoms with Crippen LogP contribution in [0, 0.1) is 5.82 Å². The fourth-order valence-electron chi connectivity index (χ4n) is 1.30. The molecule has 0 aliphatic heterocycles. The number of carboxylic acids is 1. The largest absolute Gasteiger partial charge is 0.478 e. The first-order chi connectivity index (χ1) is 9.88. The molecule has 7 nitrogen and oxygen atoms in total. The Morgan fingerprint density at radius 3 is 2.86 bits per heavy atom. The molecule has 2 aromatic rings. The number of carbonyl (C=O) groups is 1. The lowest BCUT2D eigenvalue weighted by Crippen LogP contribution is -2.15. The van der Waals surface area contributed by atoms with Crippen LogP contribution in [0.2, 0.25) is 0 Å². The van der Waals surface area contributed by atoms with Crippen LogP contribution in [0.25, 0.3) is 6.08 Å². The molecule has 10 heteroatoms. The smallest absolute Gasteiger partial charge is 0.328 e. The summed E-state index contributed by atoms with van der Waals surface area (Å²) in [7, 11) is -4.19. The monoisotopic (exact) mass is 329 g/mol. The van der Waals surface area contributed by atoms with Gasteiger partial charge in [0.1, 0.15) is 0 Å². The van der Waals surface area contributed by atoms with Crippen molar-refractivity contribution in [1.29, 1.82) is 0 Å². The van der Waals surface area contributed by atoms with Gasteiger partial charge < -0.3 is 5.11 Å². The molecule has 0 saturated carbocycles. The number of hydrogen-bond donors (Lipinski definition) is 2. The quantitative estimate of drug-likeness (QED) is 0.806. The van der Waals surface area contributed by atoms with E-state index < -0.39 is 26.8 Å². The average Bonchev–Trinajstić information content (AvgIpc) is 2.83. The van der Waals surface area contributed by atoms with Crippen molar-refractivity contribution in [2.75, 3.05) is 4.72 Å². The molecule has 0 unspecified atom stereocenters. The maximum absolute atomic E-state index is 13.4. The van der Waals surface area contributed by atoms with Gasteiger partial charge in [0.2, 0.25) is 5.03 Å². The maximum Gasteiger partial charge on any atom is 0.328 e. The molecule has 0 fully saturated rings. The summed E-state index contributed by atoms with van der Waals surface area (Å²) < 4.78 is 39.4. The molecule has 0 spiro atoms. The van der Waals surface area contributed by atoms with Gasteiger partial charge in [0.15, 0.2) is 10.9 Å². The van der Waals surface area contributed by atoms with E-state index in [0.29, 0.717) is 4.88 Å². The van der Waals surface area contributed by atoms with Crippen LogP contribution >= 0.6 is 11.3 Å². The first-order valence-electron chi connectivity index (χ1n) is 5.38. The zero-order chi connectivity index (χ0) is 15.5. The van der Waals surface area contributed by atoms with Crippen LogP contribution < -0.4 is 4.72 Å². The van der Waals surface area contributed by atoms with Crippen LogP contribution in [0.3, 0.4) is 0 Å². The summed E-state index contributed by atoms with van der Waals surface area (Å²) in [6, 6.07) is 2.25. The highest BCUT2D eigenvalue weighted by atomic mass is 32.2. The van der Waals surface area contributed by atoms with Crippen molar-refractivity contribution in [3.05, 3.63) is 41.3 Å². The lowest BCUT2D eigenvalue weighted by Gasteiger charge is -2.04. The molecule has 2 N–H and O–H groups in total. The number of nitrogens with zero attached hydrogens (tertiary/aromatic N) is 2. The van der Waals surface area contributed by atoms with Crippen LogP contribution in [-0.4, -0.2) is 29.5 Å². The van der Waals surface area contributed by atoms with Crippen molar-refractivity contribution in [3.8, 4) is 0 Å². The topological polar surface area (TPSA) is 109 Å². The summed E-state index contributed by atoms with van der Waals surface area (Å²) in [6.07, 6.45) is 4.60. The lowest BCUT2D eigenvalue weighted by molar-refractivity contribution is -0.131. The molecule has 2 rings (SSSR count). The van der Waals surface area contributed by atoms with Crippen molar-refractivity contribution < 1.29 is 22.7 Å². The molecule has 110 valence electrons. The fraction of sp³-hybridized carbons (Fsp3) is 0. The van der Waals surface area contributed by atoms with Gasteiger partial charge in [-0.1, -0.05) is 11.3 Å². The third kappa shape index (κ3) is 3.83. The van der Waals surface area contributed by atoms with Gasteiger partial charge in [-0.05, 0) is 18.2 Å². The molecule has 2 heterocycles. The molecule has 0 radical (unpaired) electrons. The molecule has 0 aliphatic carbocycles. The summed E-state index contributed by atoms with van der Waals surface area (Å²) in [6.45, 7) is 0. The molecule has 0 aromatic carbocycles. The summed E-state index contributed by atoms with van der Waals surface area (Å²) in [5, 5.41) is 7.73. The first-order valence-corrected chi connectivity index (χ1v) is 7.68. The molecule has 0 bridgehead atoms. The van der Waals surface area contributed by atoms with Crippen molar-refractivity contribution in [1.82, 2.24) is 9.97 Å². The highest BCUT2D eigenvalue weighted by molar-refractivity contribution is 7.92. The molecular formula is C11H8FN3O4S2. The second-order valence-corrected chi connectivity index (χ2v) is 6.30.